The van der Waals surface area contributed by atoms with E-state index >= 15 is 0 Å². The third-order valence-electron chi connectivity index (χ3n) is 3.81. The van der Waals surface area contributed by atoms with E-state index in [1.807, 2.05) is 32.9 Å². The number of methoxy groups -OCH3 is 1. The highest BCUT2D eigenvalue weighted by molar-refractivity contribution is 6.45. The van der Waals surface area contributed by atoms with Gasteiger partial charge < -0.3 is 14.6 Å². The quantitative estimate of drug-likeness (QED) is 0.694. The molecule has 0 aliphatic carbocycles. The molecule has 1 aromatic carbocycles. The highest BCUT2D eigenvalue weighted by atomic mass is 16.5. The molecule has 0 aliphatic rings. The number of fused-ring (bicyclic) bond motifs is 1. The second kappa shape index (κ2) is 5.60. The fraction of sp³-hybridized carbons (Fsp3) is 0.375. The van der Waals surface area contributed by atoms with Crippen LogP contribution in [0.4, 0.5) is 0 Å². The molecule has 0 radical (unpaired) electrons. The van der Waals surface area contributed by atoms with Crippen molar-refractivity contribution >= 4 is 22.6 Å². The number of H-pyrrole nitrogens is 1. The summed E-state index contributed by atoms with van der Waals surface area (Å²) in [5.74, 6) is -0.317. The molecule has 5 heteroatoms. The zero-order valence-electron chi connectivity index (χ0n) is 13.0. The normalized spacial score (nSPS) is 11.0. The van der Waals surface area contributed by atoms with Crippen LogP contribution in [-0.4, -0.2) is 41.8 Å². The van der Waals surface area contributed by atoms with Crippen molar-refractivity contribution < 1.29 is 14.3 Å². The van der Waals surface area contributed by atoms with E-state index in [1.165, 1.54) is 4.90 Å². The van der Waals surface area contributed by atoms with Crippen molar-refractivity contribution in [2.45, 2.75) is 26.8 Å². The van der Waals surface area contributed by atoms with Gasteiger partial charge in [-0.15, -0.1) is 0 Å². The number of rotatable bonds is 4. The minimum absolute atomic E-state index is 0.0257. The number of aromatic amines is 1. The van der Waals surface area contributed by atoms with Gasteiger partial charge in [0.2, 0.25) is 0 Å². The van der Waals surface area contributed by atoms with Gasteiger partial charge in [0.15, 0.2) is 0 Å². The fourth-order valence-electron chi connectivity index (χ4n) is 2.29. The maximum absolute atomic E-state index is 12.5. The number of carbonyl (C=O) groups excluding carboxylic acids is 2. The molecule has 2 aromatic rings. The summed E-state index contributed by atoms with van der Waals surface area (Å²) in [6, 6.07) is 3.65. The van der Waals surface area contributed by atoms with E-state index in [0.29, 0.717) is 11.3 Å². The first kappa shape index (κ1) is 15.1. The lowest BCUT2D eigenvalue weighted by molar-refractivity contribution is -0.126. The van der Waals surface area contributed by atoms with Crippen molar-refractivity contribution in [2.24, 2.45) is 0 Å². The van der Waals surface area contributed by atoms with Crippen LogP contribution in [0, 0.1) is 6.92 Å². The smallest absolute Gasteiger partial charge is 0.295 e. The Kier molecular flexibility index (Phi) is 4.02. The largest absolute Gasteiger partial charge is 0.496 e. The van der Waals surface area contributed by atoms with Crippen LogP contribution in [-0.2, 0) is 4.79 Å². The highest BCUT2D eigenvalue weighted by Crippen LogP contribution is 2.30. The average molecular weight is 288 g/mol. The van der Waals surface area contributed by atoms with Crippen LogP contribution in [0.25, 0.3) is 10.9 Å². The van der Waals surface area contributed by atoms with Crippen molar-refractivity contribution in [3.05, 3.63) is 29.5 Å². The highest BCUT2D eigenvalue weighted by Gasteiger charge is 2.25. The lowest BCUT2D eigenvalue weighted by atomic mass is 10.0. The number of Topliss-reactive ketones (excluding diaryl/α,β-unsaturated/α-hetero) is 1. The molecule has 21 heavy (non-hydrogen) atoms. The van der Waals surface area contributed by atoms with Gasteiger partial charge in [0.1, 0.15) is 5.75 Å². The lowest BCUT2D eigenvalue weighted by Crippen LogP contribution is -2.38. The van der Waals surface area contributed by atoms with Crippen molar-refractivity contribution in [3.8, 4) is 5.75 Å². The van der Waals surface area contributed by atoms with Gasteiger partial charge >= 0.3 is 0 Å². The Balaban J connectivity index is 2.52. The molecule has 0 saturated heterocycles. The van der Waals surface area contributed by atoms with E-state index in [2.05, 4.69) is 4.98 Å². The molecule has 1 amide bonds. The molecule has 0 atom stereocenters. The van der Waals surface area contributed by atoms with Gasteiger partial charge in [0.25, 0.3) is 11.7 Å². The van der Waals surface area contributed by atoms with Crippen molar-refractivity contribution in [1.82, 2.24) is 9.88 Å². The molecular weight excluding hydrogens is 268 g/mol. The molecule has 1 N–H and O–H groups in total. The van der Waals surface area contributed by atoms with Crippen LogP contribution < -0.4 is 4.74 Å². The van der Waals surface area contributed by atoms with Crippen LogP contribution in [0.3, 0.4) is 0 Å². The van der Waals surface area contributed by atoms with Crippen molar-refractivity contribution in [2.75, 3.05) is 14.2 Å². The van der Waals surface area contributed by atoms with Crippen molar-refractivity contribution in [3.63, 3.8) is 0 Å². The van der Waals surface area contributed by atoms with Gasteiger partial charge in [-0.2, -0.15) is 0 Å². The van der Waals surface area contributed by atoms with E-state index < -0.39 is 11.7 Å². The van der Waals surface area contributed by atoms with Crippen LogP contribution >= 0.6 is 0 Å². The number of hydrogen-bond donors (Lipinski definition) is 1. The number of ether oxygens (including phenoxy) is 1. The summed E-state index contributed by atoms with van der Waals surface area (Å²) in [5, 5.41) is 0.741. The number of nitrogens with one attached hydrogen (secondary N) is 1. The fourth-order valence-corrected chi connectivity index (χ4v) is 2.29. The summed E-state index contributed by atoms with van der Waals surface area (Å²) in [5.41, 5.74) is 2.05. The first-order chi connectivity index (χ1) is 9.88. The Labute approximate surface area is 123 Å². The Bertz CT molecular complexity index is 701. The Hall–Kier alpha value is -2.30. The molecule has 0 bridgehead atoms. The van der Waals surface area contributed by atoms with Gasteiger partial charge in [-0.25, -0.2) is 0 Å². The van der Waals surface area contributed by atoms with E-state index in [9.17, 15) is 9.59 Å². The van der Waals surface area contributed by atoms with E-state index in [0.717, 1.165) is 16.5 Å². The molecule has 1 aromatic heterocycles. The number of amides is 1. The van der Waals surface area contributed by atoms with E-state index in [1.54, 1.807) is 20.4 Å². The summed E-state index contributed by atoms with van der Waals surface area (Å²) >= 11 is 0. The number of benzene rings is 1. The Morgan fingerprint density at radius 3 is 2.52 bits per heavy atom. The number of likely N-dealkylation sites (N-methyl/N-ethyl adjacent to an activating group) is 1. The van der Waals surface area contributed by atoms with Crippen molar-refractivity contribution in [1.29, 1.82) is 0 Å². The predicted octanol–water partition coefficient (Wildman–Crippen LogP) is 2.53. The third kappa shape index (κ3) is 2.51. The number of ketones is 1. The first-order valence-corrected chi connectivity index (χ1v) is 6.84. The third-order valence-corrected chi connectivity index (χ3v) is 3.81. The van der Waals surface area contributed by atoms with E-state index in [4.69, 9.17) is 4.74 Å². The lowest BCUT2D eigenvalue weighted by Gasteiger charge is -2.20. The number of aryl methyl sites for hydroxylation is 1. The van der Waals surface area contributed by atoms with Gasteiger partial charge in [0, 0.05) is 35.8 Å². The average Bonchev–Trinajstić information content (AvgIpc) is 2.90. The van der Waals surface area contributed by atoms with Crippen LogP contribution in [0.5, 0.6) is 5.75 Å². The topological polar surface area (TPSA) is 62.4 Å². The van der Waals surface area contributed by atoms with Gasteiger partial charge in [-0.3, -0.25) is 9.59 Å². The molecule has 1 heterocycles. The molecule has 2 rings (SSSR count). The number of nitrogens with zero attached hydrogens (tertiary/aromatic N) is 1. The van der Waals surface area contributed by atoms with Gasteiger partial charge in [-0.1, -0.05) is 0 Å². The van der Waals surface area contributed by atoms with Crippen LogP contribution in [0.1, 0.15) is 29.8 Å². The summed E-state index contributed by atoms with van der Waals surface area (Å²) in [7, 11) is 3.22. The predicted molar refractivity (Wildman–Crippen MR) is 81.8 cm³/mol. The van der Waals surface area contributed by atoms with Crippen LogP contribution in [0.2, 0.25) is 0 Å². The minimum atomic E-state index is -0.506. The summed E-state index contributed by atoms with van der Waals surface area (Å²) in [6.07, 6.45) is 1.59. The zero-order chi connectivity index (χ0) is 15.7. The maximum atomic E-state index is 12.5. The molecule has 0 unspecified atom stereocenters. The van der Waals surface area contributed by atoms with E-state index in [-0.39, 0.29) is 6.04 Å². The second-order valence-electron chi connectivity index (χ2n) is 5.36. The molecule has 0 aliphatic heterocycles. The minimum Gasteiger partial charge on any atom is -0.496 e. The summed E-state index contributed by atoms with van der Waals surface area (Å²) in [4.78, 5) is 29.2. The second-order valence-corrected chi connectivity index (χ2v) is 5.36. The zero-order valence-corrected chi connectivity index (χ0v) is 13.0. The number of aromatic nitrogens is 1. The molecular formula is C16H20N2O3. The standard InChI is InChI=1S/C16H20N2O3/c1-9(2)18(4)16(20)15(19)11-8-17-12-6-7-13(21-5)10(3)14(11)12/h6-9,17H,1-5H3. The molecule has 0 fully saturated rings. The Morgan fingerprint density at radius 1 is 1.29 bits per heavy atom. The SMILES string of the molecule is COc1ccc2[nH]cc(C(=O)C(=O)N(C)C(C)C)c2c1C. The maximum Gasteiger partial charge on any atom is 0.295 e. The molecule has 5 nitrogen and oxygen atoms in total. The summed E-state index contributed by atoms with van der Waals surface area (Å²) < 4.78 is 5.28. The molecule has 0 spiro atoms. The van der Waals surface area contributed by atoms with Gasteiger partial charge in [0.05, 0.1) is 12.7 Å². The Morgan fingerprint density at radius 2 is 1.95 bits per heavy atom. The monoisotopic (exact) mass is 288 g/mol. The summed E-state index contributed by atoms with van der Waals surface area (Å²) in [6.45, 7) is 5.62. The number of carbonyl (C=O) groups is 2. The number of hydrogen-bond acceptors (Lipinski definition) is 3. The molecule has 112 valence electrons. The molecule has 0 saturated carbocycles. The van der Waals surface area contributed by atoms with Gasteiger partial charge in [-0.05, 0) is 32.9 Å². The first-order valence-electron chi connectivity index (χ1n) is 6.84. The van der Waals surface area contributed by atoms with Crippen LogP contribution in [0.15, 0.2) is 18.3 Å².